The highest BCUT2D eigenvalue weighted by molar-refractivity contribution is 6.32. The molecule has 0 bridgehead atoms. The van der Waals surface area contributed by atoms with E-state index in [0.717, 1.165) is 29.6 Å². The number of nitrogens with zero attached hydrogens (tertiary/aromatic N) is 2. The van der Waals surface area contributed by atoms with E-state index in [1.165, 1.54) is 5.69 Å². The number of halogens is 1. The van der Waals surface area contributed by atoms with E-state index in [1.807, 2.05) is 30.3 Å². The van der Waals surface area contributed by atoms with E-state index in [4.69, 9.17) is 11.6 Å². The molecule has 0 aliphatic carbocycles. The van der Waals surface area contributed by atoms with Crippen LogP contribution in [0.2, 0.25) is 5.02 Å². The quantitative estimate of drug-likeness (QED) is 0.713. The number of anilines is 1. The van der Waals surface area contributed by atoms with Gasteiger partial charge in [-0.1, -0.05) is 29.8 Å². The lowest BCUT2D eigenvalue weighted by Gasteiger charge is -2.24. The van der Waals surface area contributed by atoms with Crippen molar-refractivity contribution >= 4 is 28.2 Å². The van der Waals surface area contributed by atoms with Crippen molar-refractivity contribution in [1.29, 1.82) is 0 Å². The summed E-state index contributed by atoms with van der Waals surface area (Å²) in [6.45, 7) is 3.77. The summed E-state index contributed by atoms with van der Waals surface area (Å²) >= 11 is 6.30. The maximum atomic E-state index is 10.5. The number of nitrogens with one attached hydrogen (secondary N) is 1. The Hall–Kier alpha value is -2.04. The molecule has 0 saturated carbocycles. The molecule has 0 amide bonds. The summed E-state index contributed by atoms with van der Waals surface area (Å²) in [5, 5.41) is 19.0. The molecule has 1 atom stereocenters. The highest BCUT2D eigenvalue weighted by Gasteiger charge is 2.15. The first-order chi connectivity index (χ1) is 11.2. The molecule has 0 fully saturated rings. The van der Waals surface area contributed by atoms with Crippen LogP contribution in [0.5, 0.6) is 0 Å². The number of H-pyrrole nitrogens is 1. The topological polar surface area (TPSA) is 52.1 Å². The molecule has 3 rings (SSSR count). The average molecular weight is 330 g/mol. The number of aliphatic hydroxyl groups is 1. The first-order valence-electron chi connectivity index (χ1n) is 7.79. The van der Waals surface area contributed by atoms with Gasteiger partial charge in [0.25, 0.3) is 0 Å². The van der Waals surface area contributed by atoms with Gasteiger partial charge in [0.2, 0.25) is 0 Å². The molecule has 1 heterocycles. The lowest BCUT2D eigenvalue weighted by atomic mass is 10.0. The molecule has 5 heteroatoms. The van der Waals surface area contributed by atoms with Crippen molar-refractivity contribution in [3.05, 3.63) is 59.2 Å². The van der Waals surface area contributed by atoms with E-state index in [2.05, 4.69) is 34.2 Å². The summed E-state index contributed by atoms with van der Waals surface area (Å²) < 4.78 is 0. The van der Waals surface area contributed by atoms with Crippen molar-refractivity contribution in [2.45, 2.75) is 19.4 Å². The molecule has 0 aliphatic rings. The number of rotatable bonds is 6. The van der Waals surface area contributed by atoms with E-state index in [9.17, 15) is 5.11 Å². The van der Waals surface area contributed by atoms with Crippen molar-refractivity contribution in [3.63, 3.8) is 0 Å². The fourth-order valence-electron chi connectivity index (χ4n) is 2.78. The number of aliphatic hydroxyl groups excluding tert-OH is 1. The number of aromatic nitrogens is 2. The van der Waals surface area contributed by atoms with Gasteiger partial charge >= 0.3 is 0 Å². The molecular weight excluding hydrogens is 310 g/mol. The van der Waals surface area contributed by atoms with Crippen molar-refractivity contribution < 1.29 is 5.11 Å². The maximum absolute atomic E-state index is 10.5. The van der Waals surface area contributed by atoms with Gasteiger partial charge in [-0.05, 0) is 43.2 Å². The van der Waals surface area contributed by atoms with E-state index in [1.54, 1.807) is 6.20 Å². The number of benzene rings is 2. The monoisotopic (exact) mass is 329 g/mol. The fraction of sp³-hybridized carbons (Fsp3) is 0.278. The minimum absolute atomic E-state index is 0.567. The minimum Gasteiger partial charge on any atom is -0.388 e. The molecule has 0 spiro atoms. The Morgan fingerprint density at radius 1 is 1.26 bits per heavy atom. The molecule has 23 heavy (non-hydrogen) atoms. The molecule has 0 radical (unpaired) electrons. The molecule has 1 aromatic heterocycles. The van der Waals surface area contributed by atoms with Gasteiger partial charge in [0.05, 0.1) is 17.8 Å². The summed E-state index contributed by atoms with van der Waals surface area (Å²) in [6, 6.07) is 13.9. The highest BCUT2D eigenvalue weighted by atomic mass is 35.5. The normalized spacial score (nSPS) is 12.5. The van der Waals surface area contributed by atoms with Gasteiger partial charge in [-0.15, -0.1) is 0 Å². The minimum atomic E-state index is -0.598. The predicted molar refractivity (Wildman–Crippen MR) is 95.0 cm³/mol. The summed E-state index contributed by atoms with van der Waals surface area (Å²) in [6.07, 6.45) is 1.76. The van der Waals surface area contributed by atoms with Gasteiger partial charge in [0.15, 0.2) is 0 Å². The molecule has 1 unspecified atom stereocenters. The van der Waals surface area contributed by atoms with Crippen LogP contribution in [0.1, 0.15) is 25.0 Å². The van der Waals surface area contributed by atoms with Gasteiger partial charge in [0.1, 0.15) is 0 Å². The van der Waals surface area contributed by atoms with Crippen LogP contribution < -0.4 is 4.90 Å². The van der Waals surface area contributed by atoms with E-state index in [-0.39, 0.29) is 0 Å². The first kappa shape index (κ1) is 15.8. The lowest BCUT2D eigenvalue weighted by Crippen LogP contribution is -2.25. The van der Waals surface area contributed by atoms with Gasteiger partial charge < -0.3 is 10.0 Å². The second-order valence-electron chi connectivity index (χ2n) is 5.55. The zero-order valence-corrected chi connectivity index (χ0v) is 13.8. The first-order valence-corrected chi connectivity index (χ1v) is 8.17. The molecule has 3 aromatic rings. The van der Waals surface area contributed by atoms with Crippen molar-refractivity contribution in [2.24, 2.45) is 0 Å². The van der Waals surface area contributed by atoms with Gasteiger partial charge in [-0.25, -0.2) is 0 Å². The van der Waals surface area contributed by atoms with Crippen LogP contribution in [0.4, 0.5) is 5.69 Å². The molecule has 0 aliphatic heterocycles. The Bertz CT molecular complexity index is 772. The Kier molecular flexibility index (Phi) is 4.84. The lowest BCUT2D eigenvalue weighted by molar-refractivity contribution is 0.169. The summed E-state index contributed by atoms with van der Waals surface area (Å²) in [5.74, 6) is 0. The van der Waals surface area contributed by atoms with Crippen LogP contribution in [-0.4, -0.2) is 28.4 Å². The number of fused-ring (bicyclic) bond motifs is 1. The van der Waals surface area contributed by atoms with Crippen molar-refractivity contribution in [3.8, 4) is 0 Å². The third kappa shape index (κ3) is 3.49. The third-order valence-corrected chi connectivity index (χ3v) is 4.42. The number of aromatic amines is 1. The van der Waals surface area contributed by atoms with Crippen LogP contribution in [-0.2, 0) is 0 Å². The van der Waals surface area contributed by atoms with Crippen molar-refractivity contribution in [1.82, 2.24) is 10.2 Å². The second kappa shape index (κ2) is 7.02. The van der Waals surface area contributed by atoms with E-state index >= 15 is 0 Å². The third-order valence-electron chi connectivity index (χ3n) is 4.09. The zero-order chi connectivity index (χ0) is 16.2. The summed E-state index contributed by atoms with van der Waals surface area (Å²) in [7, 11) is 0. The van der Waals surface area contributed by atoms with Gasteiger partial charge in [-0.3, -0.25) is 5.10 Å². The van der Waals surface area contributed by atoms with Gasteiger partial charge in [0, 0.05) is 29.2 Å². The van der Waals surface area contributed by atoms with E-state index < -0.39 is 6.10 Å². The zero-order valence-electron chi connectivity index (χ0n) is 13.0. The fourth-order valence-corrected chi connectivity index (χ4v) is 3.07. The number of hydrogen-bond acceptors (Lipinski definition) is 3. The van der Waals surface area contributed by atoms with Crippen LogP contribution in [0, 0.1) is 0 Å². The Balaban J connectivity index is 1.72. The van der Waals surface area contributed by atoms with E-state index in [0.29, 0.717) is 11.4 Å². The molecular formula is C18H20ClN3O. The molecule has 2 aromatic carbocycles. The average Bonchev–Trinajstić information content (AvgIpc) is 3.02. The Morgan fingerprint density at radius 2 is 2.04 bits per heavy atom. The standard InChI is InChI=1S/C18H20ClN3O/c1-2-22(14-6-4-3-5-7-14)9-8-18(23)15-10-13-12-20-21-17(13)11-16(15)19/h3-7,10-12,18,23H,2,8-9H2,1H3,(H,20,21). The van der Waals surface area contributed by atoms with Crippen LogP contribution in [0.15, 0.2) is 48.7 Å². The molecule has 2 N–H and O–H groups in total. The number of hydrogen-bond donors (Lipinski definition) is 2. The second-order valence-corrected chi connectivity index (χ2v) is 5.96. The Morgan fingerprint density at radius 3 is 2.78 bits per heavy atom. The highest BCUT2D eigenvalue weighted by Crippen LogP contribution is 2.29. The molecule has 0 saturated heterocycles. The molecule has 120 valence electrons. The maximum Gasteiger partial charge on any atom is 0.0821 e. The van der Waals surface area contributed by atoms with Crippen LogP contribution in [0.3, 0.4) is 0 Å². The predicted octanol–water partition coefficient (Wildman–Crippen LogP) is 4.17. The SMILES string of the molecule is CCN(CCC(O)c1cc2cn[nH]c2cc1Cl)c1ccccc1. The van der Waals surface area contributed by atoms with Crippen LogP contribution in [0.25, 0.3) is 10.9 Å². The van der Waals surface area contributed by atoms with Gasteiger partial charge in [-0.2, -0.15) is 5.10 Å². The van der Waals surface area contributed by atoms with Crippen molar-refractivity contribution in [2.75, 3.05) is 18.0 Å². The summed E-state index contributed by atoms with van der Waals surface area (Å²) in [4.78, 5) is 2.24. The number of para-hydroxylation sites is 1. The largest absolute Gasteiger partial charge is 0.388 e. The smallest absolute Gasteiger partial charge is 0.0821 e. The Labute approximate surface area is 140 Å². The summed E-state index contributed by atoms with van der Waals surface area (Å²) in [5.41, 5.74) is 2.80. The molecule has 4 nitrogen and oxygen atoms in total. The van der Waals surface area contributed by atoms with Crippen LogP contribution >= 0.6 is 11.6 Å².